The highest BCUT2D eigenvalue weighted by Gasteiger charge is 2.32. The predicted molar refractivity (Wildman–Crippen MR) is 106 cm³/mol. The van der Waals surface area contributed by atoms with Gasteiger partial charge in [0.2, 0.25) is 3.79 Å². The standard InChI is InChI=1S/C15H13Cl5F3N3O2/c1-6(2)25-13(27)26-10(14(18,19)20)5-11(24)28-12-8(16)3-7(4-9(12)17)15(21,22)23/h3-6H,24H2,1-2H3,(H,25,27)/b11-5+,26-10-. The minimum absolute atomic E-state index is 0.241. The summed E-state index contributed by atoms with van der Waals surface area (Å²) >= 11 is 28.8. The van der Waals surface area contributed by atoms with Gasteiger partial charge >= 0.3 is 12.2 Å². The summed E-state index contributed by atoms with van der Waals surface area (Å²) in [5.41, 5.74) is 4.17. The molecule has 5 nitrogen and oxygen atoms in total. The van der Waals surface area contributed by atoms with Crippen molar-refractivity contribution < 1.29 is 22.7 Å². The van der Waals surface area contributed by atoms with Crippen molar-refractivity contribution in [3.63, 3.8) is 0 Å². The van der Waals surface area contributed by atoms with Crippen LogP contribution < -0.4 is 15.8 Å². The second-order valence-corrected chi connectivity index (χ2v) is 8.61. The number of nitrogens with zero attached hydrogens (tertiary/aromatic N) is 1. The monoisotopic (exact) mass is 499 g/mol. The molecule has 0 spiro atoms. The number of allylic oxidation sites excluding steroid dienone is 1. The number of nitrogens with one attached hydrogen (secondary N) is 1. The van der Waals surface area contributed by atoms with Crippen LogP contribution >= 0.6 is 58.0 Å². The second kappa shape index (κ2) is 9.63. The number of benzene rings is 1. The number of alkyl halides is 6. The normalized spacial score (nSPS) is 13.7. The van der Waals surface area contributed by atoms with E-state index in [0.29, 0.717) is 12.1 Å². The number of carbonyl (C=O) groups is 1. The molecule has 156 valence electrons. The molecule has 28 heavy (non-hydrogen) atoms. The third kappa shape index (κ3) is 7.75. The van der Waals surface area contributed by atoms with Crippen LogP contribution in [0.5, 0.6) is 5.75 Å². The number of rotatable bonds is 4. The molecule has 0 bridgehead atoms. The average Bonchev–Trinajstić information content (AvgIpc) is 2.47. The zero-order chi connectivity index (χ0) is 21.9. The summed E-state index contributed by atoms with van der Waals surface area (Å²) in [6, 6.07) is 0.160. The van der Waals surface area contributed by atoms with Crippen LogP contribution in [0.2, 0.25) is 10.0 Å². The van der Waals surface area contributed by atoms with Crippen molar-refractivity contribution in [3.8, 4) is 5.75 Å². The molecule has 2 amide bonds. The highest BCUT2D eigenvalue weighted by molar-refractivity contribution is 6.77. The van der Waals surface area contributed by atoms with Gasteiger partial charge in [0, 0.05) is 12.1 Å². The lowest BCUT2D eigenvalue weighted by Crippen LogP contribution is -2.30. The van der Waals surface area contributed by atoms with E-state index < -0.39 is 43.2 Å². The molecule has 0 aromatic heterocycles. The number of carbonyl (C=O) groups excluding carboxylic acids is 1. The second-order valence-electron chi connectivity index (χ2n) is 5.51. The summed E-state index contributed by atoms with van der Waals surface area (Å²) in [5.74, 6) is -0.855. The van der Waals surface area contributed by atoms with Crippen molar-refractivity contribution >= 4 is 69.7 Å². The van der Waals surface area contributed by atoms with E-state index in [1.807, 2.05) is 0 Å². The topological polar surface area (TPSA) is 76.7 Å². The molecule has 0 unspecified atom stereocenters. The summed E-state index contributed by atoms with van der Waals surface area (Å²) in [5, 5.41) is 1.53. The minimum Gasteiger partial charge on any atom is -0.438 e. The Morgan fingerprint density at radius 2 is 1.71 bits per heavy atom. The first-order valence-corrected chi connectivity index (χ1v) is 9.18. The summed E-state index contributed by atoms with van der Waals surface area (Å²) in [4.78, 5) is 15.3. The van der Waals surface area contributed by atoms with Crippen molar-refractivity contribution in [2.24, 2.45) is 10.7 Å². The summed E-state index contributed by atoms with van der Waals surface area (Å²) < 4.78 is 41.3. The highest BCUT2D eigenvalue weighted by atomic mass is 35.6. The van der Waals surface area contributed by atoms with Crippen LogP contribution in [-0.4, -0.2) is 21.6 Å². The van der Waals surface area contributed by atoms with Crippen LogP contribution in [0.15, 0.2) is 29.1 Å². The Balaban J connectivity index is 3.22. The third-order valence-electron chi connectivity index (χ3n) is 2.75. The van der Waals surface area contributed by atoms with Crippen LogP contribution in [-0.2, 0) is 6.18 Å². The molecule has 0 saturated heterocycles. The maximum Gasteiger partial charge on any atom is 0.416 e. The molecule has 1 aromatic carbocycles. The van der Waals surface area contributed by atoms with Crippen LogP contribution in [0.25, 0.3) is 0 Å². The molecular weight excluding hydrogens is 488 g/mol. The maximum atomic E-state index is 12.8. The van der Waals surface area contributed by atoms with E-state index in [1.54, 1.807) is 13.8 Å². The van der Waals surface area contributed by atoms with Gasteiger partial charge in [0.15, 0.2) is 11.6 Å². The van der Waals surface area contributed by atoms with Gasteiger partial charge in [-0.25, -0.2) is 4.79 Å². The SMILES string of the molecule is CC(C)NC(=O)/N=C(/C=C(\N)Oc1c(Cl)cc(C(F)(F)F)cc1Cl)C(Cl)(Cl)Cl. The summed E-state index contributed by atoms with van der Waals surface area (Å²) in [7, 11) is 0. The molecule has 0 aliphatic rings. The van der Waals surface area contributed by atoms with Crippen molar-refractivity contribution in [3.05, 3.63) is 39.7 Å². The number of hydrogen-bond acceptors (Lipinski definition) is 3. The van der Waals surface area contributed by atoms with Crippen LogP contribution in [0.1, 0.15) is 19.4 Å². The molecule has 0 heterocycles. The van der Waals surface area contributed by atoms with E-state index >= 15 is 0 Å². The van der Waals surface area contributed by atoms with Crippen molar-refractivity contribution in [1.29, 1.82) is 0 Å². The van der Waals surface area contributed by atoms with Crippen molar-refractivity contribution in [2.75, 3.05) is 0 Å². The largest absolute Gasteiger partial charge is 0.438 e. The predicted octanol–water partition coefficient (Wildman–Crippen LogP) is 6.12. The number of hydrogen-bond donors (Lipinski definition) is 2. The summed E-state index contributed by atoms with van der Waals surface area (Å²) in [6.45, 7) is 3.37. The molecule has 0 aliphatic heterocycles. The van der Waals surface area contributed by atoms with Gasteiger partial charge in [0.05, 0.1) is 15.6 Å². The fourth-order valence-corrected chi connectivity index (χ4v) is 2.52. The molecule has 0 fully saturated rings. The van der Waals surface area contributed by atoms with E-state index in [1.165, 1.54) is 0 Å². The zero-order valence-corrected chi connectivity index (χ0v) is 18.0. The highest BCUT2D eigenvalue weighted by Crippen LogP contribution is 2.40. The molecular formula is C15H13Cl5F3N3O2. The Hall–Kier alpha value is -1.06. The first-order valence-electron chi connectivity index (χ1n) is 7.29. The molecule has 13 heteroatoms. The third-order valence-corrected chi connectivity index (χ3v) is 3.89. The number of aliphatic imine (C=N–C) groups is 1. The van der Waals surface area contributed by atoms with E-state index in [2.05, 4.69) is 10.3 Å². The number of urea groups is 1. The van der Waals surface area contributed by atoms with Crippen LogP contribution in [0.4, 0.5) is 18.0 Å². The van der Waals surface area contributed by atoms with E-state index in [-0.39, 0.29) is 11.8 Å². The van der Waals surface area contributed by atoms with Crippen LogP contribution in [0, 0.1) is 0 Å². The Morgan fingerprint density at radius 1 is 1.21 bits per heavy atom. The van der Waals surface area contributed by atoms with Crippen LogP contribution in [0.3, 0.4) is 0 Å². The van der Waals surface area contributed by atoms with Gasteiger partial charge in [-0.1, -0.05) is 58.0 Å². The van der Waals surface area contributed by atoms with Gasteiger partial charge in [-0.05, 0) is 26.0 Å². The van der Waals surface area contributed by atoms with Gasteiger partial charge in [-0.15, -0.1) is 0 Å². The molecule has 0 atom stereocenters. The summed E-state index contributed by atoms with van der Waals surface area (Å²) in [6.07, 6.45) is -3.76. The van der Waals surface area contributed by atoms with Gasteiger partial charge in [0.25, 0.3) is 0 Å². The van der Waals surface area contributed by atoms with Gasteiger partial charge in [-0.2, -0.15) is 18.2 Å². The average molecular weight is 502 g/mol. The quantitative estimate of drug-likeness (QED) is 0.296. The molecule has 1 aromatic rings. The smallest absolute Gasteiger partial charge is 0.416 e. The molecule has 0 aliphatic carbocycles. The molecule has 1 rings (SSSR count). The lowest BCUT2D eigenvalue weighted by Gasteiger charge is -2.15. The molecule has 0 saturated carbocycles. The number of amides is 2. The van der Waals surface area contributed by atoms with Gasteiger partial charge in [-0.3, -0.25) is 0 Å². The van der Waals surface area contributed by atoms with E-state index in [9.17, 15) is 18.0 Å². The van der Waals surface area contributed by atoms with Gasteiger partial charge in [0.1, 0.15) is 5.71 Å². The molecule has 3 N–H and O–H groups in total. The lowest BCUT2D eigenvalue weighted by atomic mass is 10.2. The maximum absolute atomic E-state index is 12.8. The zero-order valence-electron chi connectivity index (χ0n) is 14.2. The van der Waals surface area contributed by atoms with E-state index in [0.717, 1.165) is 6.08 Å². The first-order chi connectivity index (χ1) is 12.6. The first kappa shape index (κ1) is 25.0. The van der Waals surface area contributed by atoms with E-state index in [4.69, 9.17) is 68.5 Å². The fraction of sp³-hybridized carbons (Fsp3) is 0.333. The number of ether oxygens (including phenoxy) is 1. The Morgan fingerprint density at radius 3 is 2.11 bits per heavy atom. The minimum atomic E-state index is -4.66. The Labute approximate surface area is 183 Å². The fourth-order valence-electron chi connectivity index (χ4n) is 1.67. The number of nitrogens with two attached hydrogens (primary N) is 1. The Kier molecular flexibility index (Phi) is 8.59. The van der Waals surface area contributed by atoms with Crippen molar-refractivity contribution in [2.45, 2.75) is 29.9 Å². The lowest BCUT2D eigenvalue weighted by molar-refractivity contribution is -0.137. The van der Waals surface area contributed by atoms with Crippen molar-refractivity contribution in [1.82, 2.24) is 5.32 Å². The van der Waals surface area contributed by atoms with Gasteiger partial charge < -0.3 is 15.8 Å². The number of halogens is 8. The molecule has 0 radical (unpaired) electrons. The Bertz CT molecular complexity index is 782.